The fraction of sp³-hybridized carbons (Fsp3) is 0.727. The highest BCUT2D eigenvalue weighted by Crippen LogP contribution is 2.28. The molecule has 2 aliphatic heterocycles. The maximum atomic E-state index is 13.1. The predicted molar refractivity (Wildman–Crippen MR) is 118 cm³/mol. The number of halogens is 3. The van der Waals surface area contributed by atoms with Crippen molar-refractivity contribution in [1.29, 1.82) is 0 Å². The molecule has 2 aliphatic rings. The Balaban J connectivity index is 1.20. The van der Waals surface area contributed by atoms with Crippen molar-refractivity contribution in [3.05, 3.63) is 18.0 Å². The Hall–Kier alpha value is -2.43. The Labute approximate surface area is 191 Å². The number of fused-ring (bicyclic) bond motifs is 1. The minimum atomic E-state index is -4.62. The summed E-state index contributed by atoms with van der Waals surface area (Å²) in [5.74, 6) is 0.0724. The fourth-order valence-corrected chi connectivity index (χ4v) is 4.80. The Morgan fingerprint density at radius 1 is 1.12 bits per heavy atom. The summed E-state index contributed by atoms with van der Waals surface area (Å²) < 4.78 is 40.0. The first kappa shape index (κ1) is 23.7. The van der Waals surface area contributed by atoms with E-state index in [1.807, 2.05) is 4.90 Å². The van der Waals surface area contributed by atoms with Gasteiger partial charge in [0.05, 0.1) is 0 Å². The van der Waals surface area contributed by atoms with E-state index in [4.69, 9.17) is 0 Å². The van der Waals surface area contributed by atoms with Crippen LogP contribution in [0.25, 0.3) is 5.65 Å². The number of hydrogen-bond donors (Lipinski definition) is 1. The van der Waals surface area contributed by atoms with E-state index in [-0.39, 0.29) is 17.5 Å². The normalized spacial score (nSPS) is 21.0. The molecule has 2 fully saturated rings. The highest BCUT2D eigenvalue weighted by molar-refractivity contribution is 5.78. The number of unbranched alkanes of at least 4 members (excludes halogenated alkanes) is 1. The Morgan fingerprint density at radius 3 is 2.64 bits per heavy atom. The maximum Gasteiger partial charge on any atom is 0.453 e. The van der Waals surface area contributed by atoms with Gasteiger partial charge in [0.15, 0.2) is 5.65 Å². The van der Waals surface area contributed by atoms with Crippen LogP contribution < -0.4 is 10.2 Å². The number of amides is 1. The molecule has 1 atom stereocenters. The zero-order valence-electron chi connectivity index (χ0n) is 19.0. The summed E-state index contributed by atoms with van der Waals surface area (Å²) in [7, 11) is 0. The Morgan fingerprint density at radius 2 is 1.91 bits per heavy atom. The van der Waals surface area contributed by atoms with Gasteiger partial charge in [0.25, 0.3) is 5.82 Å². The molecular formula is C22H32F3N7O. The fourth-order valence-electron chi connectivity index (χ4n) is 4.80. The number of hydrogen-bond acceptors (Lipinski definition) is 6. The van der Waals surface area contributed by atoms with Crippen LogP contribution in [0.2, 0.25) is 0 Å². The van der Waals surface area contributed by atoms with Gasteiger partial charge in [-0.25, -0.2) is 0 Å². The molecule has 0 spiro atoms. The average molecular weight is 468 g/mol. The lowest BCUT2D eigenvalue weighted by Gasteiger charge is -2.32. The van der Waals surface area contributed by atoms with Gasteiger partial charge in [-0.15, -0.1) is 15.3 Å². The topological polar surface area (TPSA) is 78.7 Å². The number of nitrogens with zero attached hydrogens (tertiary/aromatic N) is 6. The minimum Gasteiger partial charge on any atom is -0.356 e. The second-order valence-electron chi connectivity index (χ2n) is 9.29. The lowest BCUT2D eigenvalue weighted by atomic mass is 9.96. The predicted octanol–water partition coefficient (Wildman–Crippen LogP) is 2.99. The van der Waals surface area contributed by atoms with Crippen molar-refractivity contribution in [3.63, 3.8) is 0 Å². The number of rotatable bonds is 7. The maximum absolute atomic E-state index is 13.1. The van der Waals surface area contributed by atoms with Gasteiger partial charge in [-0.2, -0.15) is 17.7 Å². The molecule has 182 valence electrons. The first-order chi connectivity index (χ1) is 15.8. The molecule has 11 heteroatoms. The van der Waals surface area contributed by atoms with Crippen LogP contribution in [-0.2, 0) is 11.0 Å². The first-order valence-electron chi connectivity index (χ1n) is 11.9. The molecule has 0 bridgehead atoms. The van der Waals surface area contributed by atoms with Crippen LogP contribution in [0.1, 0.15) is 51.3 Å². The van der Waals surface area contributed by atoms with Gasteiger partial charge < -0.3 is 15.1 Å². The summed E-state index contributed by atoms with van der Waals surface area (Å²) in [6.07, 6.45) is 1.33. The van der Waals surface area contributed by atoms with Gasteiger partial charge in [-0.05, 0) is 69.7 Å². The summed E-state index contributed by atoms with van der Waals surface area (Å²) in [5.41, 5.74) is 0.0511. The molecule has 8 nitrogen and oxygen atoms in total. The van der Waals surface area contributed by atoms with E-state index in [0.29, 0.717) is 38.3 Å². The molecule has 2 aromatic heterocycles. The van der Waals surface area contributed by atoms with Gasteiger partial charge >= 0.3 is 6.18 Å². The summed E-state index contributed by atoms with van der Waals surface area (Å²) in [6.45, 7) is 7.59. The van der Waals surface area contributed by atoms with Crippen LogP contribution in [0, 0.1) is 11.8 Å². The summed E-state index contributed by atoms with van der Waals surface area (Å²) >= 11 is 0. The molecule has 1 unspecified atom stereocenters. The lowest BCUT2D eigenvalue weighted by molar-refractivity contribution is -0.146. The van der Waals surface area contributed by atoms with Gasteiger partial charge in [0.2, 0.25) is 5.91 Å². The van der Waals surface area contributed by atoms with Crippen LogP contribution in [0.3, 0.4) is 0 Å². The van der Waals surface area contributed by atoms with Crippen molar-refractivity contribution in [2.45, 2.75) is 51.6 Å². The number of anilines is 1. The second-order valence-corrected chi connectivity index (χ2v) is 9.29. The Kier molecular flexibility index (Phi) is 7.35. The first-order valence-corrected chi connectivity index (χ1v) is 11.9. The smallest absolute Gasteiger partial charge is 0.356 e. The number of nitrogens with one attached hydrogen (secondary N) is 1. The molecule has 0 aromatic carbocycles. The second kappa shape index (κ2) is 10.2. The van der Waals surface area contributed by atoms with E-state index < -0.39 is 12.0 Å². The number of likely N-dealkylation sites (tertiary alicyclic amines) is 1. The molecule has 2 saturated heterocycles. The van der Waals surface area contributed by atoms with E-state index in [0.717, 1.165) is 29.8 Å². The SMILES string of the molecule is CC1CCCN(CCCCNC(=O)C2CCN(c3ccc4nnc(C(F)(F)F)n4n3)CC2)C1. The van der Waals surface area contributed by atoms with E-state index in [1.54, 1.807) is 6.07 Å². The third kappa shape index (κ3) is 5.93. The molecular weight excluding hydrogens is 435 g/mol. The number of piperidine rings is 2. The van der Waals surface area contributed by atoms with Crippen molar-refractivity contribution in [2.24, 2.45) is 11.8 Å². The number of aromatic nitrogens is 4. The van der Waals surface area contributed by atoms with Gasteiger partial charge in [-0.1, -0.05) is 6.92 Å². The molecule has 1 amide bonds. The average Bonchev–Trinajstić information content (AvgIpc) is 3.23. The molecule has 1 N–H and O–H groups in total. The van der Waals surface area contributed by atoms with Crippen molar-refractivity contribution >= 4 is 17.4 Å². The van der Waals surface area contributed by atoms with E-state index in [1.165, 1.54) is 32.0 Å². The van der Waals surface area contributed by atoms with Crippen molar-refractivity contribution in [3.8, 4) is 0 Å². The van der Waals surface area contributed by atoms with E-state index in [9.17, 15) is 18.0 Å². The molecule has 0 saturated carbocycles. The largest absolute Gasteiger partial charge is 0.453 e. The third-order valence-corrected chi connectivity index (χ3v) is 6.63. The third-order valence-electron chi connectivity index (χ3n) is 6.63. The Bertz CT molecular complexity index is 940. The standard InChI is InChI=1S/C22H32F3N7O/c1-16-5-4-12-30(15-16)11-3-2-10-26-20(33)17-8-13-31(14-9-17)19-7-6-18-27-28-21(22(23,24)25)32(18)29-19/h6-7,16-17H,2-5,8-15H2,1H3,(H,26,33). The molecule has 0 radical (unpaired) electrons. The number of carbonyl (C=O) groups is 1. The molecule has 2 aromatic rings. The molecule has 0 aliphatic carbocycles. The van der Waals surface area contributed by atoms with Gasteiger partial charge in [-0.3, -0.25) is 4.79 Å². The summed E-state index contributed by atoms with van der Waals surface area (Å²) in [5, 5.41) is 13.9. The lowest BCUT2D eigenvalue weighted by Crippen LogP contribution is -2.41. The van der Waals surface area contributed by atoms with E-state index in [2.05, 4.69) is 32.4 Å². The summed E-state index contributed by atoms with van der Waals surface area (Å²) in [4.78, 5) is 17.0. The molecule has 4 heterocycles. The van der Waals surface area contributed by atoms with Crippen molar-refractivity contribution in [1.82, 2.24) is 30.0 Å². The van der Waals surface area contributed by atoms with Gasteiger partial charge in [0, 0.05) is 32.1 Å². The minimum absolute atomic E-state index is 0.0511. The number of alkyl halides is 3. The number of carbonyl (C=O) groups excluding carboxylic acids is 1. The zero-order chi connectivity index (χ0) is 23.4. The summed E-state index contributed by atoms with van der Waals surface area (Å²) in [6, 6.07) is 3.13. The zero-order valence-corrected chi connectivity index (χ0v) is 19.0. The van der Waals surface area contributed by atoms with Crippen LogP contribution in [0.5, 0.6) is 0 Å². The van der Waals surface area contributed by atoms with Crippen LogP contribution >= 0.6 is 0 Å². The van der Waals surface area contributed by atoms with Crippen molar-refractivity contribution < 1.29 is 18.0 Å². The highest BCUT2D eigenvalue weighted by atomic mass is 19.4. The van der Waals surface area contributed by atoms with Crippen LogP contribution in [0.4, 0.5) is 19.0 Å². The quantitative estimate of drug-likeness (QED) is 0.631. The van der Waals surface area contributed by atoms with E-state index >= 15 is 0 Å². The molecule has 33 heavy (non-hydrogen) atoms. The van der Waals surface area contributed by atoms with Crippen LogP contribution in [0.15, 0.2) is 12.1 Å². The van der Waals surface area contributed by atoms with Crippen molar-refractivity contribution in [2.75, 3.05) is 44.2 Å². The monoisotopic (exact) mass is 467 g/mol. The van der Waals surface area contributed by atoms with Crippen LogP contribution in [-0.4, -0.2) is 69.9 Å². The van der Waals surface area contributed by atoms with Gasteiger partial charge in [0.1, 0.15) is 5.82 Å². The highest BCUT2D eigenvalue weighted by Gasteiger charge is 2.38. The molecule has 4 rings (SSSR count).